The Bertz CT molecular complexity index is 915. The van der Waals surface area contributed by atoms with Gasteiger partial charge in [0.15, 0.2) is 0 Å². The Hall–Kier alpha value is -2.66. The molecule has 2 aromatic carbocycles. The van der Waals surface area contributed by atoms with Crippen LogP contribution in [-0.4, -0.2) is 9.97 Å². The Morgan fingerprint density at radius 3 is 2.81 bits per heavy atom. The lowest BCUT2D eigenvalue weighted by molar-refractivity contribution is 0.486. The molecule has 102 valence electrons. The quantitative estimate of drug-likeness (QED) is 0.562. The van der Waals surface area contributed by atoms with Crippen molar-refractivity contribution >= 4 is 38.1 Å². The van der Waals surface area contributed by atoms with Crippen molar-refractivity contribution in [1.82, 2.24) is 9.97 Å². The summed E-state index contributed by atoms with van der Waals surface area (Å²) < 4.78 is 7.05. The Balaban J connectivity index is 1.82. The molecule has 0 saturated heterocycles. The Labute approximate surface area is 124 Å². The first-order chi connectivity index (χ1) is 10.3. The summed E-state index contributed by atoms with van der Waals surface area (Å²) in [7, 11) is 0. The number of nitrogens with zero attached hydrogens (tertiary/aromatic N) is 2. The monoisotopic (exact) mass is 293 g/mol. The number of nitrogen functional groups attached to an aromatic ring is 1. The van der Waals surface area contributed by atoms with Gasteiger partial charge in [0.25, 0.3) is 5.19 Å². The van der Waals surface area contributed by atoms with Gasteiger partial charge in [-0.05, 0) is 36.4 Å². The van der Waals surface area contributed by atoms with Crippen molar-refractivity contribution in [2.24, 2.45) is 0 Å². The second-order valence-electron chi connectivity index (χ2n) is 4.60. The van der Waals surface area contributed by atoms with E-state index in [2.05, 4.69) is 9.97 Å². The Kier molecular flexibility index (Phi) is 2.72. The molecule has 0 amide bonds. The number of hydrogen-bond acceptors (Lipinski definition) is 5. The number of fused-ring (bicyclic) bond motifs is 2. The highest BCUT2D eigenvalue weighted by Gasteiger charge is 2.10. The number of ether oxygens (including phenoxy) is 1. The average Bonchev–Trinajstić information content (AvgIpc) is 2.93. The normalized spacial score (nSPS) is 11.0. The van der Waals surface area contributed by atoms with E-state index in [1.165, 1.54) is 11.3 Å². The molecule has 0 atom stereocenters. The van der Waals surface area contributed by atoms with Crippen LogP contribution in [0, 0.1) is 0 Å². The summed E-state index contributed by atoms with van der Waals surface area (Å²) in [6.07, 6.45) is 1.72. The van der Waals surface area contributed by atoms with Crippen molar-refractivity contribution in [3.05, 3.63) is 54.7 Å². The second-order valence-corrected chi connectivity index (χ2v) is 5.60. The molecule has 2 N–H and O–H groups in total. The summed E-state index contributed by atoms with van der Waals surface area (Å²) in [6, 6.07) is 15.4. The van der Waals surface area contributed by atoms with Gasteiger partial charge in [-0.15, -0.1) is 0 Å². The molecule has 4 rings (SSSR count). The van der Waals surface area contributed by atoms with Crippen LogP contribution in [0.25, 0.3) is 21.1 Å². The lowest BCUT2D eigenvalue weighted by atomic mass is 10.2. The van der Waals surface area contributed by atoms with Gasteiger partial charge in [0.1, 0.15) is 5.75 Å². The van der Waals surface area contributed by atoms with Crippen LogP contribution < -0.4 is 10.5 Å². The first-order valence-corrected chi connectivity index (χ1v) is 7.29. The Morgan fingerprint density at radius 2 is 1.90 bits per heavy atom. The first kappa shape index (κ1) is 12.1. The lowest BCUT2D eigenvalue weighted by Crippen LogP contribution is -1.92. The maximum absolute atomic E-state index is 5.95. The average molecular weight is 293 g/mol. The van der Waals surface area contributed by atoms with Crippen molar-refractivity contribution in [2.45, 2.75) is 0 Å². The minimum atomic E-state index is 0.617. The van der Waals surface area contributed by atoms with Gasteiger partial charge in [0.05, 0.1) is 21.4 Å². The SMILES string of the molecule is Nc1ccc(Oc2nc3ccccc3s2)c2cccnc12. The van der Waals surface area contributed by atoms with Gasteiger partial charge in [-0.1, -0.05) is 23.5 Å². The number of para-hydroxylation sites is 1. The molecule has 0 unspecified atom stereocenters. The molecular formula is C16H11N3OS. The van der Waals surface area contributed by atoms with Crippen LogP contribution in [0.2, 0.25) is 0 Å². The van der Waals surface area contributed by atoms with E-state index in [0.29, 0.717) is 16.6 Å². The van der Waals surface area contributed by atoms with E-state index in [4.69, 9.17) is 10.5 Å². The highest BCUT2D eigenvalue weighted by Crippen LogP contribution is 2.35. The fourth-order valence-corrected chi connectivity index (χ4v) is 3.07. The van der Waals surface area contributed by atoms with Crippen LogP contribution in [-0.2, 0) is 0 Å². The third-order valence-corrected chi connectivity index (χ3v) is 4.15. The largest absolute Gasteiger partial charge is 0.430 e. The van der Waals surface area contributed by atoms with Crippen molar-refractivity contribution < 1.29 is 4.74 Å². The fourth-order valence-electron chi connectivity index (χ4n) is 2.25. The van der Waals surface area contributed by atoms with Crippen molar-refractivity contribution in [1.29, 1.82) is 0 Å². The van der Waals surface area contributed by atoms with Crippen LogP contribution in [0.5, 0.6) is 10.9 Å². The molecule has 4 nitrogen and oxygen atoms in total. The minimum Gasteiger partial charge on any atom is -0.430 e. The molecule has 0 aliphatic rings. The number of hydrogen-bond donors (Lipinski definition) is 1. The number of benzene rings is 2. The van der Waals surface area contributed by atoms with Crippen molar-refractivity contribution in [3.8, 4) is 10.9 Å². The van der Waals surface area contributed by atoms with E-state index in [1.54, 1.807) is 12.3 Å². The number of pyridine rings is 1. The molecule has 0 fully saturated rings. The predicted molar refractivity (Wildman–Crippen MR) is 85.8 cm³/mol. The zero-order valence-corrected chi connectivity index (χ0v) is 11.8. The molecule has 2 aromatic heterocycles. The van der Waals surface area contributed by atoms with Crippen LogP contribution in [0.15, 0.2) is 54.7 Å². The van der Waals surface area contributed by atoms with Crippen LogP contribution in [0.3, 0.4) is 0 Å². The van der Waals surface area contributed by atoms with E-state index in [0.717, 1.165) is 21.1 Å². The van der Waals surface area contributed by atoms with Crippen LogP contribution in [0.1, 0.15) is 0 Å². The smallest absolute Gasteiger partial charge is 0.279 e. The van der Waals surface area contributed by atoms with E-state index in [1.807, 2.05) is 42.5 Å². The summed E-state index contributed by atoms with van der Waals surface area (Å²) in [5, 5.41) is 1.50. The number of aromatic nitrogens is 2. The first-order valence-electron chi connectivity index (χ1n) is 6.48. The van der Waals surface area contributed by atoms with Gasteiger partial charge in [-0.3, -0.25) is 4.98 Å². The van der Waals surface area contributed by atoms with Gasteiger partial charge < -0.3 is 10.5 Å². The van der Waals surface area contributed by atoms with Gasteiger partial charge >= 0.3 is 0 Å². The molecule has 21 heavy (non-hydrogen) atoms. The number of thiazole rings is 1. The van der Waals surface area contributed by atoms with Crippen molar-refractivity contribution in [2.75, 3.05) is 5.73 Å². The van der Waals surface area contributed by atoms with Gasteiger partial charge in [-0.2, -0.15) is 0 Å². The summed E-state index contributed by atoms with van der Waals surface area (Å²) in [5.74, 6) is 0.714. The van der Waals surface area contributed by atoms with Crippen LogP contribution >= 0.6 is 11.3 Å². The van der Waals surface area contributed by atoms with E-state index in [9.17, 15) is 0 Å². The molecule has 0 saturated carbocycles. The van der Waals surface area contributed by atoms with Gasteiger partial charge in [0.2, 0.25) is 0 Å². The predicted octanol–water partition coefficient (Wildman–Crippen LogP) is 4.22. The van der Waals surface area contributed by atoms with Gasteiger partial charge in [-0.25, -0.2) is 4.98 Å². The van der Waals surface area contributed by atoms with Gasteiger partial charge in [0, 0.05) is 11.6 Å². The molecule has 0 aliphatic carbocycles. The minimum absolute atomic E-state index is 0.617. The van der Waals surface area contributed by atoms with E-state index >= 15 is 0 Å². The summed E-state index contributed by atoms with van der Waals surface area (Å²) in [6.45, 7) is 0. The second kappa shape index (κ2) is 4.71. The maximum atomic E-state index is 5.95. The molecular weight excluding hydrogens is 282 g/mol. The zero-order valence-electron chi connectivity index (χ0n) is 11.0. The third kappa shape index (κ3) is 2.08. The third-order valence-electron chi connectivity index (χ3n) is 3.23. The topological polar surface area (TPSA) is 61.0 Å². The van der Waals surface area contributed by atoms with Crippen molar-refractivity contribution in [3.63, 3.8) is 0 Å². The Morgan fingerprint density at radius 1 is 1.00 bits per heavy atom. The molecule has 4 aromatic rings. The maximum Gasteiger partial charge on any atom is 0.279 e. The zero-order chi connectivity index (χ0) is 14.2. The molecule has 0 radical (unpaired) electrons. The summed E-state index contributed by atoms with van der Waals surface area (Å²) >= 11 is 1.52. The van der Waals surface area contributed by atoms with Crippen LogP contribution in [0.4, 0.5) is 5.69 Å². The number of anilines is 1. The highest BCUT2D eigenvalue weighted by molar-refractivity contribution is 7.20. The van der Waals surface area contributed by atoms with E-state index in [-0.39, 0.29) is 0 Å². The molecule has 2 heterocycles. The lowest BCUT2D eigenvalue weighted by Gasteiger charge is -2.07. The fraction of sp³-hybridized carbons (Fsp3) is 0. The highest BCUT2D eigenvalue weighted by atomic mass is 32.1. The summed E-state index contributed by atoms with van der Waals surface area (Å²) in [5.41, 5.74) is 8.28. The number of nitrogens with two attached hydrogens (primary N) is 1. The standard InChI is InChI=1S/C16H11N3OS/c17-11-7-8-13(10-4-3-9-18-15(10)11)20-16-19-12-5-1-2-6-14(12)21-16/h1-9H,17H2. The molecule has 0 spiro atoms. The number of rotatable bonds is 2. The summed E-state index contributed by atoms with van der Waals surface area (Å²) in [4.78, 5) is 8.79. The molecule has 5 heteroatoms. The molecule has 0 aliphatic heterocycles. The molecule has 0 bridgehead atoms. The van der Waals surface area contributed by atoms with E-state index < -0.39 is 0 Å².